The van der Waals surface area contributed by atoms with Gasteiger partial charge in [-0.15, -0.1) is 6.58 Å². The van der Waals surface area contributed by atoms with Crippen molar-refractivity contribution in [3.63, 3.8) is 0 Å². The first kappa shape index (κ1) is 20.4. The summed E-state index contributed by atoms with van der Waals surface area (Å²) in [4.78, 5) is 0. The van der Waals surface area contributed by atoms with Gasteiger partial charge in [0.1, 0.15) is 0 Å². The van der Waals surface area contributed by atoms with E-state index in [0.29, 0.717) is 11.8 Å². The first-order chi connectivity index (χ1) is 14.9. The monoisotopic (exact) mass is 474 g/mol. The molecule has 148 valence electrons. The minimum absolute atomic E-state index is 0. The van der Waals surface area contributed by atoms with Crippen molar-refractivity contribution in [2.45, 2.75) is 24.7 Å². The number of rotatable bonds is 4. The topological polar surface area (TPSA) is 0 Å². The van der Waals surface area contributed by atoms with E-state index in [2.05, 4.69) is 104 Å². The average Bonchev–Trinajstić information content (AvgIpc) is 3.31. The Kier molecular flexibility index (Phi) is 5.41. The summed E-state index contributed by atoms with van der Waals surface area (Å²) >= 11 is 0. The molecule has 31 heavy (non-hydrogen) atoms. The quantitative estimate of drug-likeness (QED) is 0.265. The van der Waals surface area contributed by atoms with E-state index in [-0.39, 0.29) is 26.2 Å². The van der Waals surface area contributed by atoms with E-state index >= 15 is 0 Å². The molecule has 0 saturated heterocycles. The van der Waals surface area contributed by atoms with Crippen molar-refractivity contribution in [3.8, 4) is 22.3 Å². The van der Waals surface area contributed by atoms with Gasteiger partial charge in [0.05, 0.1) is 0 Å². The van der Waals surface area contributed by atoms with Crippen molar-refractivity contribution in [1.29, 1.82) is 0 Å². The molecule has 0 bridgehead atoms. The fraction of sp³-hybridized carbons (Fsp3) is 0.133. The van der Waals surface area contributed by atoms with E-state index in [0.717, 1.165) is 12.8 Å². The summed E-state index contributed by atoms with van der Waals surface area (Å²) in [6.45, 7) is 4.18. The van der Waals surface area contributed by atoms with Crippen LogP contribution in [0.3, 0.4) is 0 Å². The maximum absolute atomic E-state index is 4.18. The van der Waals surface area contributed by atoms with Crippen LogP contribution < -0.4 is 0 Å². The van der Waals surface area contributed by atoms with Crippen LogP contribution in [0.1, 0.15) is 46.1 Å². The van der Waals surface area contributed by atoms with Crippen LogP contribution in [-0.2, 0) is 32.6 Å². The van der Waals surface area contributed by atoms with E-state index in [1.807, 2.05) is 0 Å². The summed E-state index contributed by atoms with van der Waals surface area (Å²) < 4.78 is 0. The standard InChI is InChI=1S/C30H24.Zr/c1-2-21-22-11-3-8-16-27(22)29-17-9-10-20(30(21)29)18-19-28-25-14-6-4-12-23(25)24-13-5-7-15-26(24)28;/h2-17,21,28H,1,18-19H2;. The summed E-state index contributed by atoms with van der Waals surface area (Å²) in [6.07, 6.45) is 4.33. The van der Waals surface area contributed by atoms with Crippen molar-refractivity contribution in [1.82, 2.24) is 0 Å². The number of benzene rings is 4. The molecule has 1 heteroatoms. The van der Waals surface area contributed by atoms with Gasteiger partial charge in [-0.3, -0.25) is 0 Å². The third-order valence-electron chi connectivity index (χ3n) is 6.99. The molecule has 1 unspecified atom stereocenters. The molecule has 0 fully saturated rings. The van der Waals surface area contributed by atoms with Crippen LogP contribution in [0, 0.1) is 0 Å². The van der Waals surface area contributed by atoms with Crippen LogP contribution in [-0.4, -0.2) is 0 Å². The molecule has 6 rings (SSSR count). The van der Waals surface area contributed by atoms with Gasteiger partial charge in [0.25, 0.3) is 0 Å². The Morgan fingerprint density at radius 1 is 0.613 bits per heavy atom. The van der Waals surface area contributed by atoms with Crippen LogP contribution in [0.15, 0.2) is 104 Å². The Balaban J connectivity index is 0.00000204. The zero-order valence-corrected chi connectivity index (χ0v) is 20.0. The van der Waals surface area contributed by atoms with Gasteiger partial charge in [-0.1, -0.05) is 97.1 Å². The first-order valence-corrected chi connectivity index (χ1v) is 10.9. The Morgan fingerprint density at radius 2 is 1.13 bits per heavy atom. The Morgan fingerprint density at radius 3 is 1.74 bits per heavy atom. The second-order valence-corrected chi connectivity index (χ2v) is 8.44. The molecule has 0 heterocycles. The van der Waals surface area contributed by atoms with Crippen molar-refractivity contribution in [2.75, 3.05) is 0 Å². The van der Waals surface area contributed by atoms with Crippen molar-refractivity contribution >= 4 is 0 Å². The predicted molar refractivity (Wildman–Crippen MR) is 126 cm³/mol. The minimum atomic E-state index is 0. The fourth-order valence-corrected chi connectivity index (χ4v) is 5.72. The first-order valence-electron chi connectivity index (χ1n) is 10.9. The van der Waals surface area contributed by atoms with E-state index in [1.54, 1.807) is 0 Å². The number of hydrogen-bond acceptors (Lipinski definition) is 0. The summed E-state index contributed by atoms with van der Waals surface area (Å²) in [7, 11) is 0. The molecule has 0 saturated carbocycles. The van der Waals surface area contributed by atoms with Crippen molar-refractivity contribution in [2.24, 2.45) is 0 Å². The Labute approximate surface area is 203 Å². The van der Waals surface area contributed by atoms with E-state index in [1.165, 1.54) is 50.1 Å². The zero-order valence-electron chi connectivity index (χ0n) is 17.5. The van der Waals surface area contributed by atoms with E-state index < -0.39 is 0 Å². The predicted octanol–water partition coefficient (Wildman–Crippen LogP) is 7.73. The minimum Gasteiger partial charge on any atom is -0.102 e. The number of allylic oxidation sites excluding steroid dienone is 1. The molecule has 4 aromatic rings. The van der Waals surface area contributed by atoms with Gasteiger partial charge in [-0.25, -0.2) is 0 Å². The molecule has 0 aromatic heterocycles. The third kappa shape index (κ3) is 3.14. The number of hydrogen-bond donors (Lipinski definition) is 0. The molecule has 4 aromatic carbocycles. The maximum atomic E-state index is 4.18. The normalized spacial score (nSPS) is 15.4. The summed E-state index contributed by atoms with van der Waals surface area (Å²) in [5.41, 5.74) is 12.9. The molecule has 2 aliphatic carbocycles. The second kappa shape index (κ2) is 8.21. The number of fused-ring (bicyclic) bond motifs is 6. The van der Waals surface area contributed by atoms with Gasteiger partial charge >= 0.3 is 0 Å². The molecule has 0 amide bonds. The third-order valence-corrected chi connectivity index (χ3v) is 6.99. The molecule has 2 aliphatic rings. The van der Waals surface area contributed by atoms with Crippen LogP contribution in [0.4, 0.5) is 0 Å². The van der Waals surface area contributed by atoms with Crippen LogP contribution >= 0.6 is 0 Å². The molecule has 0 nitrogen and oxygen atoms in total. The van der Waals surface area contributed by atoms with Crippen molar-refractivity contribution in [3.05, 3.63) is 131 Å². The Bertz CT molecular complexity index is 1240. The second-order valence-electron chi connectivity index (χ2n) is 8.44. The zero-order chi connectivity index (χ0) is 20.1. The maximum Gasteiger partial charge on any atom is 0.0282 e. The molecular weight excluding hydrogens is 452 g/mol. The fourth-order valence-electron chi connectivity index (χ4n) is 5.72. The summed E-state index contributed by atoms with van der Waals surface area (Å²) in [6, 6.07) is 33.5. The number of aryl methyl sites for hydroxylation is 1. The smallest absolute Gasteiger partial charge is 0.0282 e. The van der Waals surface area contributed by atoms with Crippen LogP contribution in [0.25, 0.3) is 22.3 Å². The molecule has 0 radical (unpaired) electrons. The van der Waals surface area contributed by atoms with Crippen molar-refractivity contribution < 1.29 is 26.2 Å². The molecule has 0 aliphatic heterocycles. The largest absolute Gasteiger partial charge is 0.102 e. The van der Waals surface area contributed by atoms with Gasteiger partial charge in [-0.2, -0.15) is 0 Å². The average molecular weight is 476 g/mol. The molecule has 1 atom stereocenters. The van der Waals surface area contributed by atoms with Gasteiger partial charge in [0.2, 0.25) is 0 Å². The van der Waals surface area contributed by atoms with Gasteiger partial charge < -0.3 is 0 Å². The van der Waals surface area contributed by atoms with Crippen LogP contribution in [0.2, 0.25) is 0 Å². The van der Waals surface area contributed by atoms with E-state index in [9.17, 15) is 0 Å². The van der Waals surface area contributed by atoms with Gasteiger partial charge in [0.15, 0.2) is 0 Å². The van der Waals surface area contributed by atoms with Gasteiger partial charge in [-0.05, 0) is 62.9 Å². The Hall–Kier alpha value is -2.50. The molecular formula is C30H24Zr. The molecule has 0 N–H and O–H groups in total. The van der Waals surface area contributed by atoms with Crippen LogP contribution in [0.5, 0.6) is 0 Å². The SMILES string of the molecule is C=CC1c2ccccc2-c2cccc(CCC3c4ccccc4-c4ccccc43)c21.[Zr]. The van der Waals surface area contributed by atoms with Gasteiger partial charge in [0, 0.05) is 38.0 Å². The summed E-state index contributed by atoms with van der Waals surface area (Å²) in [5, 5.41) is 0. The summed E-state index contributed by atoms with van der Waals surface area (Å²) in [5.74, 6) is 0.773. The molecule has 0 spiro atoms. The van der Waals surface area contributed by atoms with E-state index in [4.69, 9.17) is 0 Å².